The Labute approximate surface area is 172 Å². The molecule has 1 amide bonds. The molecule has 0 spiro atoms. The molecule has 3 aromatic rings. The average molecular weight is 431 g/mol. The van der Waals surface area contributed by atoms with Crippen LogP contribution in [0.2, 0.25) is 0 Å². The van der Waals surface area contributed by atoms with Crippen molar-refractivity contribution in [1.82, 2.24) is 9.88 Å². The van der Waals surface area contributed by atoms with E-state index in [1.54, 1.807) is 12.1 Å². The van der Waals surface area contributed by atoms with Crippen LogP contribution in [0.5, 0.6) is 0 Å². The third-order valence-electron chi connectivity index (χ3n) is 5.27. The molecule has 4 rings (SSSR count). The lowest BCUT2D eigenvalue weighted by molar-refractivity contribution is -0.118. The molecule has 0 aliphatic carbocycles. The van der Waals surface area contributed by atoms with Crippen molar-refractivity contribution in [2.45, 2.75) is 12.2 Å². The molecular weight excluding hydrogens is 412 g/mol. The Balaban J connectivity index is 1.86. The maximum Gasteiger partial charge on any atom is 0.209 e. The molecule has 1 unspecified atom stereocenters. The van der Waals surface area contributed by atoms with E-state index in [1.165, 1.54) is 11.1 Å². The first kappa shape index (κ1) is 20.2. The van der Waals surface area contributed by atoms with Gasteiger partial charge in [0.05, 0.1) is 5.75 Å². The number of hydrogen-bond donors (Lipinski definition) is 1. The molecule has 1 fully saturated rings. The number of amides is 1. The van der Waals surface area contributed by atoms with Gasteiger partial charge < -0.3 is 10.2 Å². The van der Waals surface area contributed by atoms with E-state index in [0.29, 0.717) is 28.6 Å². The summed E-state index contributed by atoms with van der Waals surface area (Å²) >= 11 is 0. The highest BCUT2D eigenvalue weighted by atomic mass is 32.2. The zero-order valence-corrected chi connectivity index (χ0v) is 16.9. The van der Waals surface area contributed by atoms with Crippen LogP contribution in [0.25, 0.3) is 10.8 Å². The monoisotopic (exact) mass is 431 g/mol. The van der Waals surface area contributed by atoms with Crippen LogP contribution in [-0.4, -0.2) is 43.6 Å². The van der Waals surface area contributed by atoms with E-state index < -0.39 is 26.7 Å². The average Bonchev–Trinajstić information content (AvgIpc) is 2.68. The fourth-order valence-corrected chi connectivity index (χ4v) is 5.57. The van der Waals surface area contributed by atoms with Crippen molar-refractivity contribution in [3.63, 3.8) is 0 Å². The highest BCUT2D eigenvalue weighted by Gasteiger charge is 2.35. The van der Waals surface area contributed by atoms with Gasteiger partial charge in [0.1, 0.15) is 22.7 Å². The number of hydrogen-bond acceptors (Lipinski definition) is 5. The molecule has 1 N–H and O–H groups in total. The number of pyridine rings is 1. The Morgan fingerprint density at radius 1 is 1.20 bits per heavy atom. The quantitative estimate of drug-likeness (QED) is 0.640. The molecule has 2 heterocycles. The molecule has 2 aromatic carbocycles. The lowest BCUT2D eigenvalue weighted by atomic mass is 9.99. The number of sulfone groups is 1. The highest BCUT2D eigenvalue weighted by molar-refractivity contribution is 7.91. The fraction of sp³-hybridized carbons (Fsp3) is 0.238. The van der Waals surface area contributed by atoms with Gasteiger partial charge in [-0.2, -0.15) is 0 Å². The summed E-state index contributed by atoms with van der Waals surface area (Å²) in [5, 5.41) is 3.33. The number of benzene rings is 2. The summed E-state index contributed by atoms with van der Waals surface area (Å²) < 4.78 is 52.7. The van der Waals surface area contributed by atoms with Crippen molar-refractivity contribution in [2.24, 2.45) is 0 Å². The van der Waals surface area contributed by atoms with Gasteiger partial charge in [0.2, 0.25) is 6.41 Å². The van der Waals surface area contributed by atoms with Gasteiger partial charge in [-0.1, -0.05) is 18.2 Å². The van der Waals surface area contributed by atoms with Crippen LogP contribution in [0.3, 0.4) is 0 Å². The van der Waals surface area contributed by atoms with Crippen molar-refractivity contribution >= 4 is 38.5 Å². The number of nitrogens with zero attached hydrogens (tertiary/aromatic N) is 2. The summed E-state index contributed by atoms with van der Waals surface area (Å²) in [6.45, 7) is 2.07. The molecule has 0 saturated carbocycles. The number of halogens is 2. The molecule has 0 bridgehead atoms. The number of nitrogens with one attached hydrogen (secondary N) is 1. The maximum absolute atomic E-state index is 13.6. The largest absolute Gasteiger partial charge is 0.343 e. The minimum Gasteiger partial charge on any atom is -0.343 e. The standard InChI is InChI=1S/C21H19F2N3O3S/c1-13-3-2-4-17-20(13)18(19-11-26(12-27)5-6-30(19,28)29)10-24-21(17)25-16-8-14(22)7-15(23)9-16/h2-4,7-10,12,19H,5-6,11H2,1H3,(H,24,25). The second-order valence-corrected chi connectivity index (χ2v) is 9.60. The molecule has 1 aliphatic heterocycles. The summed E-state index contributed by atoms with van der Waals surface area (Å²) in [6, 6.07) is 8.49. The number of rotatable bonds is 4. The zero-order chi connectivity index (χ0) is 21.5. The number of carbonyl (C=O) groups excluding carboxylic acids is 1. The Bertz CT molecular complexity index is 1230. The van der Waals surface area contributed by atoms with Crippen molar-refractivity contribution in [1.29, 1.82) is 0 Å². The van der Waals surface area contributed by atoms with Gasteiger partial charge in [-0.15, -0.1) is 0 Å². The molecule has 156 valence electrons. The third-order valence-corrected chi connectivity index (χ3v) is 7.29. The second-order valence-electron chi connectivity index (χ2n) is 7.30. The van der Waals surface area contributed by atoms with E-state index in [9.17, 15) is 22.0 Å². The van der Waals surface area contributed by atoms with Gasteiger partial charge in [0, 0.05) is 36.4 Å². The molecule has 1 aromatic heterocycles. The second kappa shape index (κ2) is 7.64. The van der Waals surface area contributed by atoms with Crippen molar-refractivity contribution in [3.05, 3.63) is 65.4 Å². The van der Waals surface area contributed by atoms with E-state index in [2.05, 4.69) is 10.3 Å². The molecule has 0 radical (unpaired) electrons. The van der Waals surface area contributed by atoms with Gasteiger partial charge in [-0.25, -0.2) is 22.2 Å². The maximum atomic E-state index is 13.6. The van der Waals surface area contributed by atoms with Crippen LogP contribution < -0.4 is 5.32 Å². The van der Waals surface area contributed by atoms with Gasteiger partial charge in [0.15, 0.2) is 9.84 Å². The van der Waals surface area contributed by atoms with Crippen LogP contribution >= 0.6 is 0 Å². The van der Waals surface area contributed by atoms with E-state index in [0.717, 1.165) is 23.8 Å². The van der Waals surface area contributed by atoms with Gasteiger partial charge in [-0.05, 0) is 35.6 Å². The number of anilines is 2. The molecule has 1 aliphatic rings. The third kappa shape index (κ3) is 3.72. The summed E-state index contributed by atoms with van der Waals surface area (Å²) in [5.41, 5.74) is 1.52. The Morgan fingerprint density at radius 3 is 2.63 bits per heavy atom. The molecule has 1 saturated heterocycles. The van der Waals surface area contributed by atoms with Crippen LogP contribution in [0, 0.1) is 18.6 Å². The van der Waals surface area contributed by atoms with Crippen LogP contribution in [0.4, 0.5) is 20.3 Å². The molecular formula is C21H19F2N3O3S. The summed E-state index contributed by atoms with van der Waals surface area (Å²) in [6.07, 6.45) is 2.11. The van der Waals surface area contributed by atoms with Crippen LogP contribution in [-0.2, 0) is 14.6 Å². The zero-order valence-electron chi connectivity index (χ0n) is 16.1. The Kier molecular flexibility index (Phi) is 5.15. The lowest BCUT2D eigenvalue weighted by Gasteiger charge is -2.31. The van der Waals surface area contributed by atoms with Crippen molar-refractivity contribution in [3.8, 4) is 0 Å². The van der Waals surface area contributed by atoms with Crippen molar-refractivity contribution < 1.29 is 22.0 Å². The number of aryl methyl sites for hydroxylation is 1. The van der Waals surface area contributed by atoms with Crippen molar-refractivity contribution in [2.75, 3.05) is 24.2 Å². The predicted molar refractivity (Wildman–Crippen MR) is 110 cm³/mol. The van der Waals surface area contributed by atoms with E-state index in [4.69, 9.17) is 0 Å². The van der Waals surface area contributed by atoms with Gasteiger partial charge in [0.25, 0.3) is 0 Å². The van der Waals surface area contributed by atoms with E-state index in [1.807, 2.05) is 13.0 Å². The molecule has 1 atom stereocenters. The number of fused-ring (bicyclic) bond motifs is 1. The molecule has 30 heavy (non-hydrogen) atoms. The smallest absolute Gasteiger partial charge is 0.209 e. The first-order valence-corrected chi connectivity index (χ1v) is 11.0. The minimum absolute atomic E-state index is 0.0544. The number of carbonyl (C=O) groups is 1. The van der Waals surface area contributed by atoms with E-state index in [-0.39, 0.29) is 24.5 Å². The van der Waals surface area contributed by atoms with Gasteiger partial charge in [-0.3, -0.25) is 4.79 Å². The normalized spacial score (nSPS) is 18.4. The van der Waals surface area contributed by atoms with E-state index >= 15 is 0 Å². The topological polar surface area (TPSA) is 79.4 Å². The fourth-order valence-electron chi connectivity index (χ4n) is 3.82. The Hall–Kier alpha value is -3.07. The first-order valence-electron chi connectivity index (χ1n) is 9.31. The van der Waals surface area contributed by atoms with Gasteiger partial charge >= 0.3 is 0 Å². The molecule has 9 heteroatoms. The minimum atomic E-state index is -3.47. The molecule has 6 nitrogen and oxygen atoms in total. The first-order chi connectivity index (χ1) is 14.3. The summed E-state index contributed by atoms with van der Waals surface area (Å²) in [5.74, 6) is -1.22. The van der Waals surface area contributed by atoms with Crippen LogP contribution in [0.15, 0.2) is 42.6 Å². The summed E-state index contributed by atoms with van der Waals surface area (Å²) in [7, 11) is -3.47. The number of aromatic nitrogens is 1. The van der Waals surface area contributed by atoms with Crippen LogP contribution in [0.1, 0.15) is 16.4 Å². The lowest BCUT2D eigenvalue weighted by Crippen LogP contribution is -2.41. The predicted octanol–water partition coefficient (Wildman–Crippen LogP) is 3.49. The summed E-state index contributed by atoms with van der Waals surface area (Å²) in [4.78, 5) is 17.0. The Morgan fingerprint density at radius 2 is 1.93 bits per heavy atom. The SMILES string of the molecule is Cc1cccc2c(Nc3cc(F)cc(F)c3)ncc(C3CN(C=O)CCS3(=O)=O)c12. The highest BCUT2D eigenvalue weighted by Crippen LogP contribution is 2.37.